The SMILES string of the molecule is c1cc2c(o1)CCCC2NC1=NCCO1. The van der Waals surface area contributed by atoms with Gasteiger partial charge in [0.05, 0.1) is 18.8 Å². The van der Waals surface area contributed by atoms with Crippen LogP contribution < -0.4 is 5.32 Å². The molecule has 80 valence electrons. The van der Waals surface area contributed by atoms with Gasteiger partial charge >= 0.3 is 0 Å². The Hall–Kier alpha value is -1.45. The molecular formula is C11H14N2O2. The van der Waals surface area contributed by atoms with Gasteiger partial charge in [0.15, 0.2) is 0 Å². The molecule has 1 atom stereocenters. The highest BCUT2D eigenvalue weighted by Gasteiger charge is 2.24. The van der Waals surface area contributed by atoms with Crippen molar-refractivity contribution in [3.05, 3.63) is 23.7 Å². The zero-order valence-electron chi connectivity index (χ0n) is 8.53. The third kappa shape index (κ3) is 1.60. The molecule has 0 radical (unpaired) electrons. The molecule has 0 fully saturated rings. The fourth-order valence-electron chi connectivity index (χ4n) is 2.21. The number of furan rings is 1. The number of aryl methyl sites for hydroxylation is 1. The summed E-state index contributed by atoms with van der Waals surface area (Å²) in [5, 5.41) is 3.33. The van der Waals surface area contributed by atoms with E-state index in [0.717, 1.165) is 31.6 Å². The highest BCUT2D eigenvalue weighted by molar-refractivity contribution is 5.75. The first kappa shape index (κ1) is 8.83. The van der Waals surface area contributed by atoms with Gasteiger partial charge in [-0.05, 0) is 18.9 Å². The molecule has 1 aromatic heterocycles. The van der Waals surface area contributed by atoms with Crippen molar-refractivity contribution in [1.82, 2.24) is 5.32 Å². The van der Waals surface area contributed by atoms with E-state index in [1.165, 1.54) is 5.56 Å². The van der Waals surface area contributed by atoms with Gasteiger partial charge in [0.1, 0.15) is 12.4 Å². The largest absolute Gasteiger partial charge is 0.469 e. The van der Waals surface area contributed by atoms with Crippen LogP contribution in [-0.2, 0) is 11.2 Å². The molecule has 0 amide bonds. The Morgan fingerprint density at radius 2 is 2.47 bits per heavy atom. The van der Waals surface area contributed by atoms with Crippen LogP contribution in [0.25, 0.3) is 0 Å². The van der Waals surface area contributed by atoms with Crippen LogP contribution in [0.5, 0.6) is 0 Å². The normalized spacial score (nSPS) is 24.3. The van der Waals surface area contributed by atoms with Crippen molar-refractivity contribution in [2.24, 2.45) is 4.99 Å². The van der Waals surface area contributed by atoms with Gasteiger partial charge in [0, 0.05) is 12.0 Å². The smallest absolute Gasteiger partial charge is 0.285 e. The second-order valence-corrected chi connectivity index (χ2v) is 3.92. The Kier molecular flexibility index (Phi) is 2.12. The minimum Gasteiger partial charge on any atom is -0.469 e. The summed E-state index contributed by atoms with van der Waals surface area (Å²) in [7, 11) is 0. The van der Waals surface area contributed by atoms with Crippen molar-refractivity contribution < 1.29 is 9.15 Å². The molecule has 1 aliphatic heterocycles. The number of amidine groups is 1. The molecule has 0 saturated carbocycles. The molecule has 4 nitrogen and oxygen atoms in total. The first-order valence-corrected chi connectivity index (χ1v) is 5.43. The summed E-state index contributed by atoms with van der Waals surface area (Å²) in [6.07, 6.45) is 5.09. The molecule has 1 aliphatic carbocycles. The van der Waals surface area contributed by atoms with Gasteiger partial charge in [-0.3, -0.25) is 0 Å². The standard InChI is InChI=1S/C11H14N2O2/c1-2-9(13-11-12-5-7-15-11)8-4-6-14-10(8)3-1/h4,6,9H,1-3,5,7H2,(H,12,13). The molecule has 4 heteroatoms. The number of fused-ring (bicyclic) bond motifs is 1. The Morgan fingerprint density at radius 3 is 3.33 bits per heavy atom. The zero-order chi connectivity index (χ0) is 10.1. The maximum absolute atomic E-state index is 5.43. The topological polar surface area (TPSA) is 46.8 Å². The number of hydrogen-bond acceptors (Lipinski definition) is 4. The highest BCUT2D eigenvalue weighted by Crippen LogP contribution is 2.30. The van der Waals surface area contributed by atoms with Crippen LogP contribution in [0.2, 0.25) is 0 Å². The van der Waals surface area contributed by atoms with Crippen LogP contribution in [0.15, 0.2) is 21.7 Å². The molecule has 2 aliphatic rings. The van der Waals surface area contributed by atoms with Crippen LogP contribution >= 0.6 is 0 Å². The molecule has 1 unspecified atom stereocenters. The molecule has 0 bridgehead atoms. The van der Waals surface area contributed by atoms with Crippen molar-refractivity contribution in [1.29, 1.82) is 0 Å². The van der Waals surface area contributed by atoms with Gasteiger partial charge in [-0.2, -0.15) is 0 Å². The number of nitrogens with zero attached hydrogens (tertiary/aromatic N) is 1. The molecule has 1 N–H and O–H groups in total. The van der Waals surface area contributed by atoms with Gasteiger partial charge in [-0.1, -0.05) is 0 Å². The number of hydrogen-bond donors (Lipinski definition) is 1. The van der Waals surface area contributed by atoms with Crippen LogP contribution in [-0.4, -0.2) is 19.2 Å². The minimum atomic E-state index is 0.310. The predicted molar refractivity (Wildman–Crippen MR) is 55.8 cm³/mol. The van der Waals surface area contributed by atoms with Gasteiger partial charge in [-0.25, -0.2) is 4.99 Å². The van der Waals surface area contributed by atoms with Gasteiger partial charge < -0.3 is 14.5 Å². The van der Waals surface area contributed by atoms with E-state index < -0.39 is 0 Å². The fourth-order valence-corrected chi connectivity index (χ4v) is 2.21. The molecular weight excluding hydrogens is 192 g/mol. The third-order valence-corrected chi connectivity index (χ3v) is 2.94. The minimum absolute atomic E-state index is 0.310. The van der Waals surface area contributed by atoms with Crippen LogP contribution in [0, 0.1) is 0 Å². The number of nitrogens with one attached hydrogen (secondary N) is 1. The molecule has 0 aromatic carbocycles. The van der Waals surface area contributed by atoms with Crippen molar-refractivity contribution in [2.75, 3.05) is 13.2 Å². The highest BCUT2D eigenvalue weighted by atomic mass is 16.5. The summed E-state index contributed by atoms with van der Waals surface area (Å²) in [6, 6.07) is 3.04. The zero-order valence-corrected chi connectivity index (χ0v) is 8.53. The second kappa shape index (κ2) is 3.61. The van der Waals surface area contributed by atoms with E-state index in [-0.39, 0.29) is 0 Å². The second-order valence-electron chi connectivity index (χ2n) is 3.92. The Bertz CT molecular complexity index is 384. The van der Waals surface area contributed by atoms with E-state index in [2.05, 4.69) is 10.3 Å². The average Bonchev–Trinajstić information content (AvgIpc) is 2.87. The molecule has 0 spiro atoms. The van der Waals surface area contributed by atoms with Crippen molar-refractivity contribution >= 4 is 6.02 Å². The van der Waals surface area contributed by atoms with E-state index in [0.29, 0.717) is 18.7 Å². The van der Waals surface area contributed by atoms with E-state index in [9.17, 15) is 0 Å². The first-order valence-electron chi connectivity index (χ1n) is 5.43. The maximum atomic E-state index is 5.43. The van der Waals surface area contributed by atoms with Gasteiger partial charge in [0.2, 0.25) is 0 Å². The maximum Gasteiger partial charge on any atom is 0.285 e. The average molecular weight is 206 g/mol. The van der Waals surface area contributed by atoms with Crippen molar-refractivity contribution in [2.45, 2.75) is 25.3 Å². The summed E-state index contributed by atoms with van der Waals surface area (Å²) in [5.41, 5.74) is 1.26. The number of aliphatic imine (C=N–C) groups is 1. The lowest BCUT2D eigenvalue weighted by molar-refractivity contribution is 0.319. The van der Waals surface area contributed by atoms with Gasteiger partial charge in [0.25, 0.3) is 6.02 Å². The Labute approximate surface area is 88.3 Å². The monoisotopic (exact) mass is 206 g/mol. The van der Waals surface area contributed by atoms with Crippen molar-refractivity contribution in [3.63, 3.8) is 0 Å². The fraction of sp³-hybridized carbons (Fsp3) is 0.545. The molecule has 15 heavy (non-hydrogen) atoms. The lowest BCUT2D eigenvalue weighted by Crippen LogP contribution is -2.30. The summed E-state index contributed by atoms with van der Waals surface area (Å²) in [6.45, 7) is 1.47. The van der Waals surface area contributed by atoms with Gasteiger partial charge in [-0.15, -0.1) is 0 Å². The summed E-state index contributed by atoms with van der Waals surface area (Å²) >= 11 is 0. The molecule has 2 heterocycles. The van der Waals surface area contributed by atoms with E-state index in [1.807, 2.05) is 6.07 Å². The third-order valence-electron chi connectivity index (χ3n) is 2.94. The summed E-state index contributed by atoms with van der Waals surface area (Å²) < 4.78 is 10.8. The van der Waals surface area contributed by atoms with E-state index >= 15 is 0 Å². The first-order chi connectivity index (χ1) is 7.43. The Balaban J connectivity index is 1.78. The number of ether oxygens (including phenoxy) is 1. The summed E-state index contributed by atoms with van der Waals surface area (Å²) in [5.74, 6) is 1.11. The molecule has 0 saturated heterocycles. The van der Waals surface area contributed by atoms with E-state index in [1.54, 1.807) is 6.26 Å². The van der Waals surface area contributed by atoms with E-state index in [4.69, 9.17) is 9.15 Å². The quantitative estimate of drug-likeness (QED) is 0.759. The predicted octanol–water partition coefficient (Wildman–Crippen LogP) is 1.63. The lowest BCUT2D eigenvalue weighted by Gasteiger charge is -2.22. The van der Waals surface area contributed by atoms with Crippen molar-refractivity contribution in [3.8, 4) is 0 Å². The lowest BCUT2D eigenvalue weighted by atomic mass is 9.94. The van der Waals surface area contributed by atoms with Crippen LogP contribution in [0.4, 0.5) is 0 Å². The van der Waals surface area contributed by atoms with Crippen LogP contribution in [0.3, 0.4) is 0 Å². The molecule has 3 rings (SSSR count). The summed E-state index contributed by atoms with van der Waals surface area (Å²) in [4.78, 5) is 4.24. The molecule has 1 aromatic rings. The Morgan fingerprint density at radius 1 is 1.47 bits per heavy atom. The number of rotatable bonds is 1. The van der Waals surface area contributed by atoms with Crippen LogP contribution in [0.1, 0.15) is 30.2 Å².